The van der Waals surface area contributed by atoms with Crippen LogP contribution in [0.5, 0.6) is 0 Å². The first-order valence-electron chi connectivity index (χ1n) is 5.77. The van der Waals surface area contributed by atoms with Gasteiger partial charge in [-0.25, -0.2) is 4.39 Å². The van der Waals surface area contributed by atoms with Crippen LogP contribution < -0.4 is 5.73 Å². The van der Waals surface area contributed by atoms with E-state index < -0.39 is 6.10 Å². The van der Waals surface area contributed by atoms with Crippen molar-refractivity contribution >= 4 is 15.9 Å². The minimum atomic E-state index is -0.601. The molecule has 0 saturated heterocycles. The second-order valence-electron chi connectivity index (χ2n) is 4.65. The summed E-state index contributed by atoms with van der Waals surface area (Å²) in [6, 6.07) is 4.88. The van der Waals surface area contributed by atoms with Crippen molar-refractivity contribution in [1.29, 1.82) is 0 Å². The van der Waals surface area contributed by atoms with Crippen molar-refractivity contribution in [2.45, 2.75) is 26.4 Å². The molecule has 2 atom stereocenters. The lowest BCUT2D eigenvalue weighted by Crippen LogP contribution is -2.33. The van der Waals surface area contributed by atoms with E-state index in [9.17, 15) is 9.50 Å². The lowest BCUT2D eigenvalue weighted by Gasteiger charge is -2.25. The van der Waals surface area contributed by atoms with Gasteiger partial charge in [-0.05, 0) is 36.1 Å². The van der Waals surface area contributed by atoms with E-state index in [4.69, 9.17) is 5.73 Å². The van der Waals surface area contributed by atoms with Crippen LogP contribution in [0, 0.1) is 17.7 Å². The Morgan fingerprint density at radius 1 is 1.41 bits per heavy atom. The first kappa shape index (κ1) is 14.6. The lowest BCUT2D eigenvalue weighted by molar-refractivity contribution is 0.0855. The van der Waals surface area contributed by atoms with Crippen LogP contribution in [0.3, 0.4) is 0 Å². The third-order valence-electron chi connectivity index (χ3n) is 3.07. The van der Waals surface area contributed by atoms with Gasteiger partial charge in [0.1, 0.15) is 5.82 Å². The van der Waals surface area contributed by atoms with Crippen LogP contribution >= 0.6 is 15.9 Å². The Kier molecular flexibility index (Phi) is 5.56. The van der Waals surface area contributed by atoms with Crippen molar-refractivity contribution < 1.29 is 9.50 Å². The molecular weight excluding hydrogens is 285 g/mol. The Morgan fingerprint density at radius 2 is 2.06 bits per heavy atom. The monoisotopic (exact) mass is 303 g/mol. The normalized spacial score (nSPS) is 15.0. The molecule has 0 aliphatic rings. The van der Waals surface area contributed by atoms with Gasteiger partial charge in [0.25, 0.3) is 0 Å². The standard InChI is InChI=1S/C13H19BrFNO/c1-8(2)11(7-16)13(17)5-9-3-4-10(14)6-12(9)15/h3-4,6,8,11,13,17H,5,7,16H2,1-2H3. The van der Waals surface area contributed by atoms with Crippen LogP contribution in [-0.4, -0.2) is 17.8 Å². The minimum absolute atomic E-state index is 0.00181. The predicted molar refractivity (Wildman–Crippen MR) is 71.2 cm³/mol. The van der Waals surface area contributed by atoms with Gasteiger partial charge in [-0.3, -0.25) is 0 Å². The maximum absolute atomic E-state index is 13.6. The molecule has 0 fully saturated rings. The number of aliphatic hydroxyl groups excluding tert-OH is 1. The second-order valence-corrected chi connectivity index (χ2v) is 5.57. The first-order chi connectivity index (χ1) is 7.95. The summed E-state index contributed by atoms with van der Waals surface area (Å²) in [5.41, 5.74) is 6.16. The summed E-state index contributed by atoms with van der Waals surface area (Å²) in [6.07, 6.45) is -0.297. The highest BCUT2D eigenvalue weighted by molar-refractivity contribution is 9.10. The molecule has 0 spiro atoms. The van der Waals surface area contributed by atoms with Crippen molar-refractivity contribution in [2.24, 2.45) is 17.6 Å². The topological polar surface area (TPSA) is 46.2 Å². The SMILES string of the molecule is CC(C)C(CN)C(O)Cc1ccc(Br)cc1F. The van der Waals surface area contributed by atoms with E-state index in [-0.39, 0.29) is 17.7 Å². The summed E-state index contributed by atoms with van der Waals surface area (Å²) in [5, 5.41) is 10.1. The fraction of sp³-hybridized carbons (Fsp3) is 0.538. The minimum Gasteiger partial charge on any atom is -0.392 e. The molecule has 0 amide bonds. The van der Waals surface area contributed by atoms with Crippen molar-refractivity contribution in [2.75, 3.05) is 6.54 Å². The number of nitrogens with two attached hydrogens (primary N) is 1. The molecule has 96 valence electrons. The van der Waals surface area contributed by atoms with Gasteiger partial charge in [0.15, 0.2) is 0 Å². The van der Waals surface area contributed by atoms with Crippen LogP contribution in [0.1, 0.15) is 19.4 Å². The molecule has 0 saturated carbocycles. The van der Waals surface area contributed by atoms with Crippen molar-refractivity contribution in [3.63, 3.8) is 0 Å². The maximum atomic E-state index is 13.6. The van der Waals surface area contributed by atoms with Gasteiger partial charge in [0.05, 0.1) is 6.10 Å². The smallest absolute Gasteiger partial charge is 0.127 e. The third-order valence-corrected chi connectivity index (χ3v) is 3.56. The largest absolute Gasteiger partial charge is 0.392 e. The Balaban J connectivity index is 2.76. The van der Waals surface area contributed by atoms with Gasteiger partial charge in [0.2, 0.25) is 0 Å². The van der Waals surface area contributed by atoms with E-state index in [0.29, 0.717) is 23.0 Å². The summed E-state index contributed by atoms with van der Waals surface area (Å²) in [7, 11) is 0. The van der Waals surface area contributed by atoms with Gasteiger partial charge in [-0.2, -0.15) is 0 Å². The number of hydrogen-bond acceptors (Lipinski definition) is 2. The van der Waals surface area contributed by atoms with Gasteiger partial charge >= 0.3 is 0 Å². The Morgan fingerprint density at radius 3 is 2.53 bits per heavy atom. The molecule has 0 radical (unpaired) electrons. The Bertz CT molecular complexity index is 370. The zero-order valence-corrected chi connectivity index (χ0v) is 11.7. The summed E-state index contributed by atoms with van der Waals surface area (Å²) >= 11 is 3.21. The van der Waals surface area contributed by atoms with Crippen LogP contribution in [-0.2, 0) is 6.42 Å². The van der Waals surface area contributed by atoms with E-state index in [1.807, 2.05) is 13.8 Å². The van der Waals surface area contributed by atoms with Crippen LogP contribution in [0.4, 0.5) is 4.39 Å². The summed E-state index contributed by atoms with van der Waals surface area (Å²) in [5.74, 6) is -0.00971. The zero-order chi connectivity index (χ0) is 13.0. The highest BCUT2D eigenvalue weighted by Crippen LogP contribution is 2.21. The maximum Gasteiger partial charge on any atom is 0.127 e. The molecule has 1 aromatic rings. The predicted octanol–water partition coefficient (Wildman–Crippen LogP) is 2.72. The quantitative estimate of drug-likeness (QED) is 0.878. The van der Waals surface area contributed by atoms with E-state index in [1.54, 1.807) is 12.1 Å². The molecule has 0 bridgehead atoms. The highest BCUT2D eigenvalue weighted by atomic mass is 79.9. The number of benzene rings is 1. The molecule has 0 aliphatic heterocycles. The average Bonchev–Trinajstić information content (AvgIpc) is 2.22. The van der Waals surface area contributed by atoms with Gasteiger partial charge in [-0.1, -0.05) is 35.8 Å². The van der Waals surface area contributed by atoms with Gasteiger partial charge < -0.3 is 10.8 Å². The molecule has 1 rings (SSSR count). The van der Waals surface area contributed by atoms with Crippen LogP contribution in [0.15, 0.2) is 22.7 Å². The fourth-order valence-corrected chi connectivity index (χ4v) is 2.27. The van der Waals surface area contributed by atoms with Crippen molar-refractivity contribution in [3.05, 3.63) is 34.1 Å². The molecule has 0 heterocycles. The summed E-state index contributed by atoms with van der Waals surface area (Å²) < 4.78 is 14.3. The van der Waals surface area contributed by atoms with Crippen molar-refractivity contribution in [1.82, 2.24) is 0 Å². The first-order valence-corrected chi connectivity index (χ1v) is 6.57. The average molecular weight is 304 g/mol. The molecule has 1 aromatic carbocycles. The Hall–Kier alpha value is -0.450. The van der Waals surface area contributed by atoms with Gasteiger partial charge in [-0.15, -0.1) is 0 Å². The second kappa shape index (κ2) is 6.47. The zero-order valence-electron chi connectivity index (χ0n) is 10.2. The molecule has 0 aromatic heterocycles. The van der Waals surface area contributed by atoms with E-state index in [0.717, 1.165) is 0 Å². The highest BCUT2D eigenvalue weighted by Gasteiger charge is 2.22. The fourth-order valence-electron chi connectivity index (χ4n) is 1.94. The molecule has 0 aliphatic carbocycles. The number of hydrogen-bond donors (Lipinski definition) is 2. The number of aliphatic hydroxyl groups is 1. The molecule has 3 N–H and O–H groups in total. The number of halogens is 2. The van der Waals surface area contributed by atoms with Crippen molar-refractivity contribution in [3.8, 4) is 0 Å². The Labute approximate surface area is 110 Å². The number of rotatable bonds is 5. The van der Waals surface area contributed by atoms with Crippen LogP contribution in [0.25, 0.3) is 0 Å². The molecule has 2 nitrogen and oxygen atoms in total. The third kappa shape index (κ3) is 4.05. The summed E-state index contributed by atoms with van der Waals surface area (Å²) in [4.78, 5) is 0. The van der Waals surface area contributed by atoms with Crippen LogP contribution in [0.2, 0.25) is 0 Å². The van der Waals surface area contributed by atoms with E-state index in [2.05, 4.69) is 15.9 Å². The lowest BCUT2D eigenvalue weighted by atomic mass is 9.87. The molecule has 17 heavy (non-hydrogen) atoms. The molecule has 2 unspecified atom stereocenters. The van der Waals surface area contributed by atoms with E-state index >= 15 is 0 Å². The summed E-state index contributed by atoms with van der Waals surface area (Å²) in [6.45, 7) is 4.44. The molecular formula is C13H19BrFNO. The van der Waals surface area contributed by atoms with Gasteiger partial charge in [0, 0.05) is 10.9 Å². The van der Waals surface area contributed by atoms with E-state index in [1.165, 1.54) is 6.07 Å². The molecule has 4 heteroatoms.